The molecule has 2 aromatic carbocycles. The molecule has 1 atom stereocenters. The molecule has 1 unspecified atom stereocenters. The first kappa shape index (κ1) is 13.4. The van der Waals surface area contributed by atoms with E-state index in [1.165, 1.54) is 0 Å². The fraction of sp³-hybridized carbons (Fsp3) is 0.250. The van der Waals surface area contributed by atoms with Gasteiger partial charge in [0.1, 0.15) is 11.4 Å². The average Bonchev–Trinajstić information content (AvgIpc) is 2.46. The van der Waals surface area contributed by atoms with E-state index in [0.717, 1.165) is 17.0 Å². The van der Waals surface area contributed by atoms with Crippen molar-refractivity contribution in [3.05, 3.63) is 60.2 Å². The second kappa shape index (κ2) is 5.76. The van der Waals surface area contributed by atoms with E-state index in [0.29, 0.717) is 6.54 Å². The predicted molar refractivity (Wildman–Crippen MR) is 77.5 cm³/mol. The minimum absolute atomic E-state index is 0.435. The molecule has 2 rings (SSSR count). The lowest BCUT2D eigenvalue weighted by molar-refractivity contribution is 0.0715. The molecule has 2 aromatic rings. The maximum atomic E-state index is 10.5. The van der Waals surface area contributed by atoms with E-state index in [9.17, 15) is 5.11 Å². The van der Waals surface area contributed by atoms with Crippen molar-refractivity contribution in [2.24, 2.45) is 0 Å². The van der Waals surface area contributed by atoms with Crippen LogP contribution in [0.5, 0.6) is 5.75 Å². The van der Waals surface area contributed by atoms with Crippen LogP contribution in [0.3, 0.4) is 0 Å². The number of rotatable bonds is 5. The Labute approximate surface area is 113 Å². The number of nitrogens with one attached hydrogen (secondary N) is 1. The van der Waals surface area contributed by atoms with Crippen LogP contribution < -0.4 is 10.1 Å². The Hall–Kier alpha value is -2.00. The van der Waals surface area contributed by atoms with Gasteiger partial charge in [-0.15, -0.1) is 0 Å². The largest absolute Gasteiger partial charge is 0.497 e. The lowest BCUT2D eigenvalue weighted by atomic mass is 9.96. The van der Waals surface area contributed by atoms with Crippen molar-refractivity contribution < 1.29 is 9.84 Å². The molecule has 0 fully saturated rings. The summed E-state index contributed by atoms with van der Waals surface area (Å²) >= 11 is 0. The SMILES string of the molecule is COc1cccc(NCC(C)(O)c2ccccc2)c1. The van der Waals surface area contributed by atoms with E-state index in [4.69, 9.17) is 4.74 Å². The molecule has 100 valence electrons. The molecule has 2 N–H and O–H groups in total. The van der Waals surface area contributed by atoms with Gasteiger partial charge < -0.3 is 15.2 Å². The minimum Gasteiger partial charge on any atom is -0.497 e. The third-order valence-electron chi connectivity index (χ3n) is 3.10. The van der Waals surface area contributed by atoms with Crippen LogP contribution in [-0.4, -0.2) is 18.8 Å². The summed E-state index contributed by atoms with van der Waals surface area (Å²) in [7, 11) is 1.64. The lowest BCUT2D eigenvalue weighted by Gasteiger charge is -2.25. The van der Waals surface area contributed by atoms with Crippen molar-refractivity contribution >= 4 is 5.69 Å². The zero-order valence-corrected chi connectivity index (χ0v) is 11.3. The standard InChI is InChI=1S/C16H19NO2/c1-16(18,13-7-4-3-5-8-13)12-17-14-9-6-10-15(11-14)19-2/h3-11,17-18H,12H2,1-2H3. The summed E-state index contributed by atoms with van der Waals surface area (Å²) in [5.74, 6) is 0.796. The summed E-state index contributed by atoms with van der Waals surface area (Å²) in [6, 6.07) is 17.3. The van der Waals surface area contributed by atoms with Crippen LogP contribution in [0.4, 0.5) is 5.69 Å². The smallest absolute Gasteiger partial charge is 0.120 e. The van der Waals surface area contributed by atoms with Crippen molar-refractivity contribution in [2.75, 3.05) is 19.0 Å². The van der Waals surface area contributed by atoms with E-state index in [-0.39, 0.29) is 0 Å². The molecular formula is C16H19NO2. The lowest BCUT2D eigenvalue weighted by Crippen LogP contribution is -2.30. The van der Waals surface area contributed by atoms with Gasteiger partial charge in [-0.2, -0.15) is 0 Å². The molecule has 0 radical (unpaired) electrons. The number of benzene rings is 2. The van der Waals surface area contributed by atoms with Gasteiger partial charge in [0.15, 0.2) is 0 Å². The van der Waals surface area contributed by atoms with Crippen molar-refractivity contribution in [3.63, 3.8) is 0 Å². The zero-order chi connectivity index (χ0) is 13.7. The molecule has 0 amide bonds. The van der Waals surface area contributed by atoms with Gasteiger partial charge in [-0.05, 0) is 24.6 Å². The zero-order valence-electron chi connectivity index (χ0n) is 11.3. The van der Waals surface area contributed by atoms with Crippen LogP contribution in [0.15, 0.2) is 54.6 Å². The number of anilines is 1. The maximum absolute atomic E-state index is 10.5. The molecule has 0 spiro atoms. The van der Waals surface area contributed by atoms with Gasteiger partial charge in [-0.25, -0.2) is 0 Å². The monoisotopic (exact) mass is 257 g/mol. The third-order valence-corrected chi connectivity index (χ3v) is 3.10. The average molecular weight is 257 g/mol. The molecule has 0 aromatic heterocycles. The summed E-state index contributed by atoms with van der Waals surface area (Å²) in [5.41, 5.74) is 0.908. The Balaban J connectivity index is 2.05. The van der Waals surface area contributed by atoms with Crippen LogP contribution in [0.2, 0.25) is 0 Å². The molecule has 0 aliphatic rings. The van der Waals surface area contributed by atoms with Crippen LogP contribution >= 0.6 is 0 Å². The van der Waals surface area contributed by atoms with Crippen LogP contribution in [-0.2, 0) is 5.60 Å². The Morgan fingerprint density at radius 1 is 1.11 bits per heavy atom. The van der Waals surface area contributed by atoms with Gasteiger partial charge in [0.25, 0.3) is 0 Å². The fourth-order valence-electron chi connectivity index (χ4n) is 1.91. The van der Waals surface area contributed by atoms with Gasteiger partial charge in [0.05, 0.1) is 7.11 Å². The number of methoxy groups -OCH3 is 1. The van der Waals surface area contributed by atoms with E-state index in [1.807, 2.05) is 54.6 Å². The predicted octanol–water partition coefficient (Wildman–Crippen LogP) is 3.01. The van der Waals surface area contributed by atoms with Crippen molar-refractivity contribution in [3.8, 4) is 5.75 Å². The third kappa shape index (κ3) is 3.48. The molecule has 19 heavy (non-hydrogen) atoms. The Kier molecular flexibility index (Phi) is 4.07. The highest BCUT2D eigenvalue weighted by atomic mass is 16.5. The Morgan fingerprint density at radius 2 is 1.84 bits per heavy atom. The highest BCUT2D eigenvalue weighted by Crippen LogP contribution is 2.22. The molecule has 0 bridgehead atoms. The first-order chi connectivity index (χ1) is 9.12. The molecule has 3 heteroatoms. The summed E-state index contributed by atoms with van der Waals surface area (Å²) in [5, 5.41) is 13.7. The van der Waals surface area contributed by atoms with E-state index < -0.39 is 5.60 Å². The van der Waals surface area contributed by atoms with Gasteiger partial charge >= 0.3 is 0 Å². The first-order valence-corrected chi connectivity index (χ1v) is 6.28. The normalized spacial score (nSPS) is 13.6. The molecule has 0 saturated heterocycles. The van der Waals surface area contributed by atoms with Crippen molar-refractivity contribution in [2.45, 2.75) is 12.5 Å². The van der Waals surface area contributed by atoms with Crippen LogP contribution in [0, 0.1) is 0 Å². The van der Waals surface area contributed by atoms with Crippen molar-refractivity contribution in [1.29, 1.82) is 0 Å². The molecule has 0 heterocycles. The molecule has 0 aliphatic heterocycles. The summed E-state index contributed by atoms with van der Waals surface area (Å²) in [6.45, 7) is 2.24. The first-order valence-electron chi connectivity index (χ1n) is 6.28. The summed E-state index contributed by atoms with van der Waals surface area (Å²) in [4.78, 5) is 0. The maximum Gasteiger partial charge on any atom is 0.120 e. The minimum atomic E-state index is -0.912. The Morgan fingerprint density at radius 3 is 2.53 bits per heavy atom. The van der Waals surface area contributed by atoms with E-state index >= 15 is 0 Å². The number of ether oxygens (including phenoxy) is 1. The number of hydrogen-bond donors (Lipinski definition) is 2. The van der Waals surface area contributed by atoms with Crippen LogP contribution in [0.1, 0.15) is 12.5 Å². The highest BCUT2D eigenvalue weighted by Gasteiger charge is 2.22. The van der Waals surface area contributed by atoms with Gasteiger partial charge in [-0.1, -0.05) is 36.4 Å². The summed E-state index contributed by atoms with van der Waals surface area (Å²) < 4.78 is 5.17. The van der Waals surface area contributed by atoms with Crippen LogP contribution in [0.25, 0.3) is 0 Å². The van der Waals surface area contributed by atoms with Gasteiger partial charge in [0, 0.05) is 18.3 Å². The summed E-state index contributed by atoms with van der Waals surface area (Å²) in [6.07, 6.45) is 0. The van der Waals surface area contributed by atoms with E-state index in [1.54, 1.807) is 14.0 Å². The van der Waals surface area contributed by atoms with Gasteiger partial charge in [-0.3, -0.25) is 0 Å². The van der Waals surface area contributed by atoms with Gasteiger partial charge in [0.2, 0.25) is 0 Å². The van der Waals surface area contributed by atoms with E-state index in [2.05, 4.69) is 5.32 Å². The molecular weight excluding hydrogens is 238 g/mol. The second-order valence-corrected chi connectivity index (χ2v) is 4.73. The highest BCUT2D eigenvalue weighted by molar-refractivity contribution is 5.48. The Bertz CT molecular complexity index is 523. The quantitative estimate of drug-likeness (QED) is 0.865. The molecule has 0 saturated carbocycles. The fourth-order valence-corrected chi connectivity index (χ4v) is 1.91. The topological polar surface area (TPSA) is 41.5 Å². The van der Waals surface area contributed by atoms with Crippen molar-refractivity contribution in [1.82, 2.24) is 0 Å². The second-order valence-electron chi connectivity index (χ2n) is 4.73. The number of aliphatic hydroxyl groups is 1. The molecule has 3 nitrogen and oxygen atoms in total. The molecule has 0 aliphatic carbocycles. The number of hydrogen-bond acceptors (Lipinski definition) is 3.